The van der Waals surface area contributed by atoms with E-state index in [4.69, 9.17) is 15.2 Å². The maximum absolute atomic E-state index is 6.18. The van der Waals surface area contributed by atoms with Crippen molar-refractivity contribution in [3.05, 3.63) is 12.1 Å². The molecule has 4 nitrogen and oxygen atoms in total. The largest absolute Gasteiger partial charge is 0.493 e. The summed E-state index contributed by atoms with van der Waals surface area (Å²) in [6.07, 6.45) is 0. The van der Waals surface area contributed by atoms with Crippen LogP contribution in [0.15, 0.2) is 12.1 Å². The van der Waals surface area contributed by atoms with Crippen molar-refractivity contribution in [3.8, 4) is 11.5 Å². The predicted octanol–water partition coefficient (Wildman–Crippen LogP) is 2.62. The predicted molar refractivity (Wildman–Crippen MR) is 82.7 cm³/mol. The fourth-order valence-electron chi connectivity index (χ4n) is 2.41. The van der Waals surface area contributed by atoms with Crippen molar-refractivity contribution in [2.24, 2.45) is 0 Å². The highest BCUT2D eigenvalue weighted by Crippen LogP contribution is 2.39. The molecule has 19 heavy (non-hydrogen) atoms. The van der Waals surface area contributed by atoms with Crippen molar-refractivity contribution >= 4 is 23.1 Å². The van der Waals surface area contributed by atoms with Crippen LogP contribution in [0, 0.1) is 0 Å². The first-order valence-electron chi connectivity index (χ1n) is 6.48. The number of ether oxygens (including phenoxy) is 2. The Morgan fingerprint density at radius 3 is 2.47 bits per heavy atom. The van der Waals surface area contributed by atoms with E-state index < -0.39 is 0 Å². The second-order valence-electron chi connectivity index (χ2n) is 4.78. The van der Waals surface area contributed by atoms with Gasteiger partial charge in [-0.05, 0) is 6.92 Å². The summed E-state index contributed by atoms with van der Waals surface area (Å²) in [6, 6.07) is 4.28. The first-order valence-corrected chi connectivity index (χ1v) is 7.53. The Morgan fingerprint density at radius 1 is 1.21 bits per heavy atom. The maximum Gasteiger partial charge on any atom is 0.162 e. The molecule has 2 rings (SSSR count). The standard InChI is InChI=1S/C14H22N2O2S/c1-9-10(2)19-6-5-16(9)12-8-14(18-4)13(17-3)7-11(12)15/h7-10H,5-6,15H2,1-4H3. The lowest BCUT2D eigenvalue weighted by molar-refractivity contribution is 0.355. The maximum atomic E-state index is 6.18. The second kappa shape index (κ2) is 5.82. The van der Waals surface area contributed by atoms with E-state index in [1.54, 1.807) is 14.2 Å². The van der Waals surface area contributed by atoms with Gasteiger partial charge in [0.25, 0.3) is 0 Å². The van der Waals surface area contributed by atoms with Crippen LogP contribution >= 0.6 is 11.8 Å². The number of benzene rings is 1. The van der Waals surface area contributed by atoms with Crippen LogP contribution in [0.3, 0.4) is 0 Å². The number of rotatable bonds is 3. The minimum Gasteiger partial charge on any atom is -0.493 e. The molecule has 0 amide bonds. The summed E-state index contributed by atoms with van der Waals surface area (Å²) in [4.78, 5) is 2.36. The summed E-state index contributed by atoms with van der Waals surface area (Å²) in [7, 11) is 3.27. The molecule has 2 unspecified atom stereocenters. The summed E-state index contributed by atoms with van der Waals surface area (Å²) in [5.74, 6) is 2.53. The van der Waals surface area contributed by atoms with Gasteiger partial charge in [-0.1, -0.05) is 6.92 Å². The van der Waals surface area contributed by atoms with Crippen molar-refractivity contribution in [1.82, 2.24) is 0 Å². The van der Waals surface area contributed by atoms with Crippen molar-refractivity contribution in [3.63, 3.8) is 0 Å². The van der Waals surface area contributed by atoms with E-state index in [0.717, 1.165) is 29.4 Å². The molecule has 106 valence electrons. The van der Waals surface area contributed by atoms with E-state index in [0.29, 0.717) is 17.0 Å². The van der Waals surface area contributed by atoms with Crippen LogP contribution in [0.5, 0.6) is 11.5 Å². The number of hydrogen-bond donors (Lipinski definition) is 1. The fraction of sp³-hybridized carbons (Fsp3) is 0.571. The number of nitrogens with zero attached hydrogens (tertiary/aromatic N) is 1. The zero-order valence-corrected chi connectivity index (χ0v) is 12.8. The summed E-state index contributed by atoms with van der Waals surface area (Å²) < 4.78 is 10.7. The van der Waals surface area contributed by atoms with Crippen molar-refractivity contribution < 1.29 is 9.47 Å². The molecule has 0 spiro atoms. The van der Waals surface area contributed by atoms with Gasteiger partial charge in [0.05, 0.1) is 25.6 Å². The number of nitrogen functional groups attached to an aromatic ring is 1. The second-order valence-corrected chi connectivity index (χ2v) is 6.26. The van der Waals surface area contributed by atoms with Gasteiger partial charge < -0.3 is 20.1 Å². The number of nitrogens with two attached hydrogens (primary N) is 1. The molecule has 0 aromatic heterocycles. The van der Waals surface area contributed by atoms with Crippen LogP contribution in [0.1, 0.15) is 13.8 Å². The molecule has 5 heteroatoms. The highest BCUT2D eigenvalue weighted by molar-refractivity contribution is 8.00. The minimum absolute atomic E-state index is 0.458. The Balaban J connectivity index is 2.38. The van der Waals surface area contributed by atoms with Gasteiger partial charge in [0, 0.05) is 35.7 Å². The number of methoxy groups -OCH3 is 2. The highest BCUT2D eigenvalue weighted by atomic mass is 32.2. The molecule has 1 heterocycles. The van der Waals surface area contributed by atoms with E-state index >= 15 is 0 Å². The van der Waals surface area contributed by atoms with Crippen molar-refractivity contribution in [1.29, 1.82) is 0 Å². The summed E-state index contributed by atoms with van der Waals surface area (Å²) >= 11 is 2.01. The Kier molecular flexibility index (Phi) is 4.34. The molecular formula is C14H22N2O2S. The van der Waals surface area contributed by atoms with Gasteiger partial charge in [-0.25, -0.2) is 0 Å². The molecule has 0 aliphatic carbocycles. The summed E-state index contributed by atoms with van der Waals surface area (Å²) in [5.41, 5.74) is 7.95. The Morgan fingerprint density at radius 2 is 1.84 bits per heavy atom. The molecular weight excluding hydrogens is 260 g/mol. The number of hydrogen-bond acceptors (Lipinski definition) is 5. The lowest BCUT2D eigenvalue weighted by Crippen LogP contribution is -2.45. The third-order valence-electron chi connectivity index (χ3n) is 3.73. The van der Waals surface area contributed by atoms with Gasteiger partial charge >= 0.3 is 0 Å². The fourth-order valence-corrected chi connectivity index (χ4v) is 3.51. The van der Waals surface area contributed by atoms with Gasteiger partial charge in [0.15, 0.2) is 11.5 Å². The van der Waals surface area contributed by atoms with E-state index in [-0.39, 0.29) is 0 Å². The van der Waals surface area contributed by atoms with Crippen molar-refractivity contribution in [2.45, 2.75) is 25.1 Å². The first kappa shape index (κ1) is 14.2. The quantitative estimate of drug-likeness (QED) is 0.864. The van der Waals surface area contributed by atoms with Crippen LogP contribution in [0.25, 0.3) is 0 Å². The number of thioether (sulfide) groups is 1. The third-order valence-corrected chi connectivity index (χ3v) is 5.06. The zero-order valence-electron chi connectivity index (χ0n) is 12.0. The summed E-state index contributed by atoms with van der Waals surface area (Å²) in [5, 5.41) is 0.598. The lowest BCUT2D eigenvalue weighted by Gasteiger charge is -2.39. The topological polar surface area (TPSA) is 47.7 Å². The average Bonchev–Trinajstić information content (AvgIpc) is 2.42. The molecule has 0 bridgehead atoms. The molecule has 2 atom stereocenters. The average molecular weight is 282 g/mol. The van der Waals surface area contributed by atoms with Crippen LogP contribution in [-0.4, -0.2) is 37.8 Å². The van der Waals surface area contributed by atoms with Crippen LogP contribution in [0.4, 0.5) is 11.4 Å². The van der Waals surface area contributed by atoms with Gasteiger partial charge in [-0.3, -0.25) is 0 Å². The molecule has 0 radical (unpaired) electrons. The monoisotopic (exact) mass is 282 g/mol. The van der Waals surface area contributed by atoms with Gasteiger partial charge in [-0.15, -0.1) is 0 Å². The highest BCUT2D eigenvalue weighted by Gasteiger charge is 2.27. The molecule has 0 saturated carbocycles. The smallest absolute Gasteiger partial charge is 0.162 e. The molecule has 1 aromatic carbocycles. The van der Waals surface area contributed by atoms with E-state index in [9.17, 15) is 0 Å². The Bertz CT molecular complexity index is 453. The van der Waals surface area contributed by atoms with Gasteiger partial charge in [0.1, 0.15) is 0 Å². The molecule has 2 N–H and O–H groups in total. The van der Waals surface area contributed by atoms with Gasteiger partial charge in [0.2, 0.25) is 0 Å². The van der Waals surface area contributed by atoms with Gasteiger partial charge in [-0.2, -0.15) is 11.8 Å². The van der Waals surface area contributed by atoms with E-state index in [2.05, 4.69) is 18.7 Å². The minimum atomic E-state index is 0.458. The molecule has 1 fully saturated rings. The Hall–Kier alpha value is -1.23. The van der Waals surface area contributed by atoms with Crippen LogP contribution in [0.2, 0.25) is 0 Å². The first-order chi connectivity index (χ1) is 9.08. The van der Waals surface area contributed by atoms with E-state index in [1.165, 1.54) is 0 Å². The van der Waals surface area contributed by atoms with E-state index in [1.807, 2.05) is 23.9 Å². The normalized spacial score (nSPS) is 23.3. The SMILES string of the molecule is COc1cc(N)c(N2CCSC(C)C2C)cc1OC. The van der Waals surface area contributed by atoms with Crippen molar-refractivity contribution in [2.75, 3.05) is 37.2 Å². The summed E-state index contributed by atoms with van der Waals surface area (Å²) in [6.45, 7) is 5.52. The zero-order chi connectivity index (χ0) is 14.0. The number of anilines is 2. The Labute approximate surface area is 119 Å². The molecule has 1 aromatic rings. The molecule has 1 aliphatic rings. The van der Waals surface area contributed by atoms with Crippen LogP contribution in [-0.2, 0) is 0 Å². The lowest BCUT2D eigenvalue weighted by atomic mass is 10.1. The van der Waals surface area contributed by atoms with Crippen LogP contribution < -0.4 is 20.1 Å². The third kappa shape index (κ3) is 2.71. The molecule has 1 aliphatic heterocycles. The molecule has 1 saturated heterocycles.